The van der Waals surface area contributed by atoms with E-state index in [1.807, 2.05) is 58.9 Å². The van der Waals surface area contributed by atoms with Crippen LogP contribution in [0.1, 0.15) is 53.5 Å². The van der Waals surface area contributed by atoms with Crippen LogP contribution in [0.2, 0.25) is 0 Å². The first-order valence-electron chi connectivity index (χ1n) is 11.9. The molecule has 0 bridgehead atoms. The van der Waals surface area contributed by atoms with E-state index < -0.39 is 23.9 Å². The number of methoxy groups -OCH3 is 1. The fourth-order valence-corrected chi connectivity index (χ4v) is 5.38. The minimum absolute atomic E-state index is 0.0932. The molecule has 2 aliphatic rings. The third-order valence-electron chi connectivity index (χ3n) is 5.79. The molecule has 1 aromatic carbocycles. The first kappa shape index (κ1) is 26.8. The van der Waals surface area contributed by atoms with Crippen molar-refractivity contribution in [3.63, 3.8) is 0 Å². The summed E-state index contributed by atoms with van der Waals surface area (Å²) in [6, 6.07) is 7.44. The van der Waals surface area contributed by atoms with Crippen molar-refractivity contribution in [1.29, 1.82) is 0 Å². The number of ether oxygens (including phenoxy) is 4. The van der Waals surface area contributed by atoms with E-state index >= 15 is 0 Å². The predicted molar refractivity (Wildman–Crippen MR) is 133 cm³/mol. The monoisotopic (exact) mass is 494 g/mol. The Kier molecular flexibility index (Phi) is 8.89. The largest absolute Gasteiger partial charge is 0.497 e. The van der Waals surface area contributed by atoms with Crippen molar-refractivity contribution in [2.24, 2.45) is 10.9 Å². The molecule has 1 unspecified atom stereocenters. The predicted octanol–water partition coefficient (Wildman–Crippen LogP) is 4.44. The summed E-state index contributed by atoms with van der Waals surface area (Å²) in [4.78, 5) is 19.4. The minimum Gasteiger partial charge on any atom is -0.497 e. The van der Waals surface area contributed by atoms with Gasteiger partial charge in [0, 0.05) is 12.5 Å². The zero-order valence-electron chi connectivity index (χ0n) is 21.2. The smallest absolute Gasteiger partial charge is 0.416 e. The highest BCUT2D eigenvalue weighted by Crippen LogP contribution is 2.42. The van der Waals surface area contributed by atoms with Crippen molar-refractivity contribution in [2.45, 2.75) is 90.0 Å². The first-order valence-corrected chi connectivity index (χ1v) is 12.7. The molecule has 8 nitrogen and oxygen atoms in total. The van der Waals surface area contributed by atoms with E-state index in [2.05, 4.69) is 0 Å². The number of hydrogen-bond donors (Lipinski definition) is 1. The molecule has 0 radical (unpaired) electrons. The number of thioether (sulfide) groups is 1. The van der Waals surface area contributed by atoms with Gasteiger partial charge < -0.3 is 24.1 Å². The van der Waals surface area contributed by atoms with E-state index in [1.165, 1.54) is 11.8 Å². The zero-order valence-corrected chi connectivity index (χ0v) is 22.0. The molecule has 6 atom stereocenters. The van der Waals surface area contributed by atoms with Crippen LogP contribution in [0, 0.1) is 5.92 Å². The average molecular weight is 495 g/mol. The molecule has 190 valence electrons. The second-order valence-electron chi connectivity index (χ2n) is 9.84. The van der Waals surface area contributed by atoms with Crippen LogP contribution < -0.4 is 4.74 Å². The number of carbonyl (C=O) groups is 1. The zero-order chi connectivity index (χ0) is 25.0. The molecule has 3 rings (SSSR count). The van der Waals surface area contributed by atoms with Crippen LogP contribution in [0.3, 0.4) is 0 Å². The number of amides is 1. The Balaban J connectivity index is 1.82. The van der Waals surface area contributed by atoms with Gasteiger partial charge in [-0.1, -0.05) is 37.7 Å². The van der Waals surface area contributed by atoms with E-state index in [4.69, 9.17) is 23.9 Å². The van der Waals surface area contributed by atoms with Crippen LogP contribution >= 0.6 is 11.8 Å². The molecule has 1 N–H and O–H groups in total. The minimum atomic E-state index is -0.662. The first-order chi connectivity index (χ1) is 16.0. The molecule has 1 amide bonds. The summed E-state index contributed by atoms with van der Waals surface area (Å²) in [5, 5.41) is 10.9. The Bertz CT molecular complexity index is 854. The van der Waals surface area contributed by atoms with Gasteiger partial charge in [0.2, 0.25) is 0 Å². The van der Waals surface area contributed by atoms with Gasteiger partial charge in [-0.15, -0.1) is 0 Å². The van der Waals surface area contributed by atoms with Gasteiger partial charge in [-0.2, -0.15) is 0 Å². The van der Waals surface area contributed by atoms with Crippen molar-refractivity contribution in [3.05, 3.63) is 29.8 Å². The molecule has 0 spiro atoms. The molecule has 0 saturated carbocycles. The van der Waals surface area contributed by atoms with Gasteiger partial charge in [0.15, 0.2) is 5.17 Å². The number of rotatable bonds is 7. The Hall–Kier alpha value is -1.81. The van der Waals surface area contributed by atoms with Crippen molar-refractivity contribution in [2.75, 3.05) is 13.7 Å². The number of fused-ring (bicyclic) bond motifs is 1. The van der Waals surface area contributed by atoms with Crippen LogP contribution in [0.4, 0.5) is 4.79 Å². The van der Waals surface area contributed by atoms with Gasteiger partial charge in [-0.05, 0) is 51.8 Å². The van der Waals surface area contributed by atoms with Gasteiger partial charge in [0.1, 0.15) is 22.8 Å². The van der Waals surface area contributed by atoms with E-state index in [0.717, 1.165) is 17.7 Å². The average Bonchev–Trinajstić information content (AvgIpc) is 3.18. The van der Waals surface area contributed by atoms with Gasteiger partial charge in [-0.3, -0.25) is 9.89 Å². The highest BCUT2D eigenvalue weighted by atomic mass is 32.2. The molecular weight excluding hydrogens is 456 g/mol. The normalized spacial score (nSPS) is 27.5. The summed E-state index contributed by atoms with van der Waals surface area (Å²) < 4.78 is 23.5. The standard InChI is InChI=1S/C25H38N2O6S/c1-8-13-27(24(29)33-25(4,5)6)23-26-19-21(15(2)20(16(3)28)32-22(19)34-23)31-14-17-9-11-18(30-7)12-10-17/h9-12,15-16,19-22,28H,8,13-14H2,1-7H3/t15-,16?,19-,20+,21+,22-/m1/s1. The molecule has 9 heteroatoms. The van der Waals surface area contributed by atoms with E-state index in [9.17, 15) is 9.90 Å². The van der Waals surface area contributed by atoms with E-state index in [1.54, 1.807) is 18.9 Å². The highest BCUT2D eigenvalue weighted by Gasteiger charge is 2.50. The van der Waals surface area contributed by atoms with Crippen LogP contribution in [-0.4, -0.2) is 70.3 Å². The molecule has 1 aromatic rings. The summed E-state index contributed by atoms with van der Waals surface area (Å²) in [5.41, 5.74) is 0.0564. The quantitative estimate of drug-likeness (QED) is 0.599. The topological polar surface area (TPSA) is 89.8 Å². The Morgan fingerprint density at radius 3 is 2.53 bits per heavy atom. The summed E-state index contributed by atoms with van der Waals surface area (Å²) >= 11 is 1.40. The summed E-state index contributed by atoms with van der Waals surface area (Å²) in [5.74, 6) is 0.696. The molecule has 34 heavy (non-hydrogen) atoms. The van der Waals surface area contributed by atoms with Gasteiger partial charge in [0.05, 0.1) is 32.0 Å². The maximum atomic E-state index is 12.9. The molecular formula is C25H38N2O6S. The van der Waals surface area contributed by atoms with Crippen LogP contribution in [-0.2, 0) is 20.8 Å². The number of aliphatic hydroxyl groups is 1. The van der Waals surface area contributed by atoms with Gasteiger partial charge >= 0.3 is 6.09 Å². The lowest BCUT2D eigenvalue weighted by molar-refractivity contribution is -0.165. The number of aliphatic hydroxyl groups excluding tert-OH is 1. The van der Waals surface area contributed by atoms with Crippen molar-refractivity contribution in [3.8, 4) is 5.75 Å². The molecule has 2 aliphatic heterocycles. The molecule has 1 saturated heterocycles. The van der Waals surface area contributed by atoms with Crippen LogP contribution in [0.15, 0.2) is 29.3 Å². The summed E-state index contributed by atoms with van der Waals surface area (Å²) in [6.45, 7) is 12.2. The third-order valence-corrected chi connectivity index (χ3v) is 6.95. The maximum absolute atomic E-state index is 12.9. The fourth-order valence-electron chi connectivity index (χ4n) is 4.16. The number of hydrogen-bond acceptors (Lipinski definition) is 8. The second-order valence-corrected chi connectivity index (χ2v) is 10.9. The van der Waals surface area contributed by atoms with E-state index in [-0.39, 0.29) is 23.5 Å². The maximum Gasteiger partial charge on any atom is 0.416 e. The molecule has 1 fully saturated rings. The fraction of sp³-hybridized carbons (Fsp3) is 0.680. The number of benzene rings is 1. The lowest BCUT2D eigenvalue weighted by atomic mass is 9.87. The van der Waals surface area contributed by atoms with Crippen molar-refractivity contribution in [1.82, 2.24) is 4.90 Å². The molecule has 2 heterocycles. The highest BCUT2D eigenvalue weighted by molar-refractivity contribution is 8.14. The number of carbonyl (C=O) groups excluding carboxylic acids is 1. The Morgan fingerprint density at radius 2 is 1.97 bits per heavy atom. The second kappa shape index (κ2) is 11.3. The van der Waals surface area contributed by atoms with Crippen molar-refractivity contribution < 1.29 is 28.8 Å². The Morgan fingerprint density at radius 1 is 1.29 bits per heavy atom. The number of nitrogens with zero attached hydrogens (tertiary/aromatic N) is 2. The lowest BCUT2D eigenvalue weighted by Gasteiger charge is -2.42. The third kappa shape index (κ3) is 6.44. The Labute approximate surface area is 207 Å². The summed E-state index contributed by atoms with van der Waals surface area (Å²) in [6.07, 6.45) is -1.00. The number of amidine groups is 1. The number of aliphatic imine (C=N–C) groups is 1. The van der Waals surface area contributed by atoms with Crippen LogP contribution in [0.5, 0.6) is 5.75 Å². The van der Waals surface area contributed by atoms with Crippen LogP contribution in [0.25, 0.3) is 0 Å². The lowest BCUT2D eigenvalue weighted by Crippen LogP contribution is -2.54. The van der Waals surface area contributed by atoms with Crippen molar-refractivity contribution >= 4 is 23.0 Å². The SMILES string of the molecule is CCCN(C(=O)OC(C)(C)C)C1=N[C@@H]2[C@@H](OCc3ccc(OC)cc3)[C@H](C)[C@@H](C(C)O)O[C@@H]2S1. The van der Waals surface area contributed by atoms with E-state index in [0.29, 0.717) is 18.3 Å². The van der Waals surface area contributed by atoms with Gasteiger partial charge in [0.25, 0.3) is 0 Å². The summed E-state index contributed by atoms with van der Waals surface area (Å²) in [7, 11) is 1.64. The van der Waals surface area contributed by atoms with Gasteiger partial charge in [-0.25, -0.2) is 4.79 Å². The molecule has 0 aromatic heterocycles. The molecule has 0 aliphatic carbocycles.